The minimum Gasteiger partial charge on any atom is -0.379 e. The summed E-state index contributed by atoms with van der Waals surface area (Å²) in [7, 11) is -3.56. The number of thioether (sulfide) groups is 1. The van der Waals surface area contributed by atoms with Crippen LogP contribution in [0.5, 0.6) is 0 Å². The van der Waals surface area contributed by atoms with Crippen LogP contribution in [0.4, 0.5) is 10.1 Å². The normalized spacial score (nSPS) is 16.5. The van der Waals surface area contributed by atoms with Gasteiger partial charge in [0.05, 0.1) is 23.4 Å². The zero-order valence-electron chi connectivity index (χ0n) is 15.3. The first-order chi connectivity index (χ1) is 13.4. The number of benzene rings is 2. The van der Waals surface area contributed by atoms with Crippen molar-refractivity contribution in [2.24, 2.45) is 0 Å². The molecule has 9 heteroatoms. The number of sulfonamides is 1. The lowest BCUT2D eigenvalue weighted by Gasteiger charge is -2.26. The molecule has 0 bridgehead atoms. The molecule has 0 spiro atoms. The van der Waals surface area contributed by atoms with Gasteiger partial charge in [0.15, 0.2) is 0 Å². The number of rotatable bonds is 6. The van der Waals surface area contributed by atoms with Gasteiger partial charge in [-0.15, -0.1) is 11.8 Å². The molecule has 150 valence electrons. The summed E-state index contributed by atoms with van der Waals surface area (Å²) in [5, 5.41) is 2.37. The second-order valence-electron chi connectivity index (χ2n) is 6.24. The number of halogens is 1. The lowest BCUT2D eigenvalue weighted by molar-refractivity contribution is -0.115. The Bertz CT molecular complexity index is 912. The summed E-state index contributed by atoms with van der Waals surface area (Å²) in [6.07, 6.45) is 0. The molecule has 28 heavy (non-hydrogen) atoms. The first kappa shape index (κ1) is 20.8. The summed E-state index contributed by atoms with van der Waals surface area (Å²) < 4.78 is 44.8. The Morgan fingerprint density at radius 3 is 2.32 bits per heavy atom. The molecule has 1 amide bonds. The van der Waals surface area contributed by atoms with Crippen molar-refractivity contribution in [2.45, 2.75) is 22.0 Å². The number of hydrogen-bond donors (Lipinski definition) is 1. The molecular formula is C19H21FN2O4S2. The molecule has 3 rings (SSSR count). The molecule has 1 heterocycles. The highest BCUT2D eigenvalue weighted by atomic mass is 32.2. The standard InChI is InChI=1S/C19H21FN2O4S2/c1-14(27-17-6-2-15(20)3-7-17)19(23)21-16-4-8-18(9-5-16)28(24,25)22-10-12-26-13-11-22/h2-9,14H,10-13H2,1H3,(H,21,23)/t14-/m1/s1. The predicted octanol–water partition coefficient (Wildman–Crippen LogP) is 2.97. The van der Waals surface area contributed by atoms with Crippen LogP contribution >= 0.6 is 11.8 Å². The first-order valence-corrected chi connectivity index (χ1v) is 11.1. The van der Waals surface area contributed by atoms with Crippen LogP contribution in [-0.2, 0) is 19.6 Å². The van der Waals surface area contributed by atoms with Crippen LogP contribution in [0.25, 0.3) is 0 Å². The molecule has 1 aliphatic rings. The van der Waals surface area contributed by atoms with E-state index in [9.17, 15) is 17.6 Å². The van der Waals surface area contributed by atoms with Gasteiger partial charge in [0.2, 0.25) is 15.9 Å². The molecule has 1 aliphatic heterocycles. The van der Waals surface area contributed by atoms with Gasteiger partial charge in [-0.1, -0.05) is 0 Å². The Kier molecular flexibility index (Phi) is 6.71. The van der Waals surface area contributed by atoms with Crippen LogP contribution in [-0.4, -0.2) is 50.2 Å². The van der Waals surface area contributed by atoms with Gasteiger partial charge in [-0.2, -0.15) is 4.31 Å². The van der Waals surface area contributed by atoms with E-state index in [1.165, 1.54) is 40.3 Å². The summed E-state index contributed by atoms with van der Waals surface area (Å²) in [5.41, 5.74) is 0.512. The third kappa shape index (κ3) is 5.11. The maximum absolute atomic E-state index is 13.0. The molecule has 1 saturated heterocycles. The van der Waals surface area contributed by atoms with Crippen molar-refractivity contribution < 1.29 is 22.3 Å². The molecule has 1 N–H and O–H groups in total. The minimum atomic E-state index is -3.56. The number of nitrogens with one attached hydrogen (secondary N) is 1. The fourth-order valence-corrected chi connectivity index (χ4v) is 4.94. The number of nitrogens with zero attached hydrogens (tertiary/aromatic N) is 1. The van der Waals surface area contributed by atoms with Gasteiger partial charge in [0.1, 0.15) is 5.82 Å². The van der Waals surface area contributed by atoms with Crippen molar-refractivity contribution in [3.63, 3.8) is 0 Å². The van der Waals surface area contributed by atoms with Crippen molar-refractivity contribution in [2.75, 3.05) is 31.6 Å². The second kappa shape index (κ2) is 9.04. The molecule has 0 radical (unpaired) electrons. The fraction of sp³-hybridized carbons (Fsp3) is 0.316. The molecule has 0 aliphatic carbocycles. The van der Waals surface area contributed by atoms with Crippen LogP contribution < -0.4 is 5.32 Å². The number of morpholine rings is 1. The van der Waals surface area contributed by atoms with E-state index in [1.807, 2.05) is 0 Å². The molecule has 0 aromatic heterocycles. The lowest BCUT2D eigenvalue weighted by Crippen LogP contribution is -2.40. The molecule has 6 nitrogen and oxygen atoms in total. The molecule has 1 fully saturated rings. The van der Waals surface area contributed by atoms with Crippen molar-refractivity contribution in [3.05, 3.63) is 54.3 Å². The Morgan fingerprint density at radius 1 is 1.11 bits per heavy atom. The van der Waals surface area contributed by atoms with Crippen LogP contribution in [0.1, 0.15) is 6.92 Å². The molecular weight excluding hydrogens is 403 g/mol. The largest absolute Gasteiger partial charge is 0.379 e. The van der Waals surface area contributed by atoms with Gasteiger partial charge in [-0.3, -0.25) is 4.79 Å². The van der Waals surface area contributed by atoms with Crippen molar-refractivity contribution >= 4 is 33.4 Å². The van der Waals surface area contributed by atoms with Gasteiger partial charge < -0.3 is 10.1 Å². The maximum Gasteiger partial charge on any atom is 0.243 e. The topological polar surface area (TPSA) is 75.7 Å². The average Bonchev–Trinajstić information content (AvgIpc) is 2.70. The molecule has 1 atom stereocenters. The smallest absolute Gasteiger partial charge is 0.243 e. The van der Waals surface area contributed by atoms with Crippen LogP contribution in [0.15, 0.2) is 58.3 Å². The second-order valence-corrected chi connectivity index (χ2v) is 9.60. The van der Waals surface area contributed by atoms with Crippen LogP contribution in [0.2, 0.25) is 0 Å². The van der Waals surface area contributed by atoms with E-state index in [-0.39, 0.29) is 16.6 Å². The van der Waals surface area contributed by atoms with Gasteiger partial charge in [0, 0.05) is 23.7 Å². The molecule has 2 aromatic rings. The third-order valence-corrected chi connectivity index (χ3v) is 7.25. The first-order valence-electron chi connectivity index (χ1n) is 8.77. The zero-order valence-corrected chi connectivity index (χ0v) is 16.9. The van der Waals surface area contributed by atoms with E-state index >= 15 is 0 Å². The van der Waals surface area contributed by atoms with E-state index < -0.39 is 15.3 Å². The van der Waals surface area contributed by atoms with Crippen molar-refractivity contribution in [1.29, 1.82) is 0 Å². The monoisotopic (exact) mass is 424 g/mol. The lowest BCUT2D eigenvalue weighted by atomic mass is 10.3. The Hall–Kier alpha value is -1.94. The number of hydrogen-bond acceptors (Lipinski definition) is 5. The Morgan fingerprint density at radius 2 is 1.71 bits per heavy atom. The molecule has 2 aromatic carbocycles. The minimum absolute atomic E-state index is 0.182. The van der Waals surface area contributed by atoms with Gasteiger partial charge in [0.25, 0.3) is 0 Å². The van der Waals surface area contributed by atoms with Crippen LogP contribution in [0, 0.1) is 5.82 Å². The third-order valence-electron chi connectivity index (χ3n) is 4.23. The highest BCUT2D eigenvalue weighted by Crippen LogP contribution is 2.25. The van der Waals surface area contributed by atoms with E-state index in [4.69, 9.17) is 4.74 Å². The Labute approximate surface area is 168 Å². The zero-order chi connectivity index (χ0) is 20.1. The Balaban J connectivity index is 1.61. The molecule has 0 unspecified atom stereocenters. The quantitative estimate of drug-likeness (QED) is 0.722. The fourth-order valence-electron chi connectivity index (χ4n) is 2.66. The van der Waals surface area contributed by atoms with Gasteiger partial charge in [-0.25, -0.2) is 12.8 Å². The van der Waals surface area contributed by atoms with E-state index in [1.54, 1.807) is 31.2 Å². The predicted molar refractivity (Wildman–Crippen MR) is 106 cm³/mol. The highest BCUT2D eigenvalue weighted by Gasteiger charge is 2.26. The van der Waals surface area contributed by atoms with Crippen LogP contribution in [0.3, 0.4) is 0 Å². The number of anilines is 1. The van der Waals surface area contributed by atoms with Crippen molar-refractivity contribution in [1.82, 2.24) is 4.31 Å². The summed E-state index contributed by atoms with van der Waals surface area (Å²) in [5.74, 6) is -0.549. The average molecular weight is 425 g/mol. The number of carbonyl (C=O) groups is 1. The number of ether oxygens (including phenoxy) is 1. The SMILES string of the molecule is C[C@@H](Sc1ccc(F)cc1)C(=O)Nc1ccc(S(=O)(=O)N2CCOCC2)cc1. The van der Waals surface area contributed by atoms with E-state index in [0.29, 0.717) is 32.0 Å². The number of carbonyl (C=O) groups excluding carboxylic acids is 1. The highest BCUT2D eigenvalue weighted by molar-refractivity contribution is 8.00. The summed E-state index contributed by atoms with van der Waals surface area (Å²) in [6.45, 7) is 3.19. The summed E-state index contributed by atoms with van der Waals surface area (Å²) in [6, 6.07) is 12.0. The van der Waals surface area contributed by atoms with Gasteiger partial charge >= 0.3 is 0 Å². The van der Waals surface area contributed by atoms with Gasteiger partial charge in [-0.05, 0) is 55.5 Å². The van der Waals surface area contributed by atoms with E-state index in [2.05, 4.69) is 5.32 Å². The number of amides is 1. The molecule has 0 saturated carbocycles. The maximum atomic E-state index is 13.0. The summed E-state index contributed by atoms with van der Waals surface area (Å²) >= 11 is 1.31. The van der Waals surface area contributed by atoms with E-state index in [0.717, 1.165) is 4.90 Å². The van der Waals surface area contributed by atoms with Crippen molar-refractivity contribution in [3.8, 4) is 0 Å². The summed E-state index contributed by atoms with van der Waals surface area (Å²) in [4.78, 5) is 13.3.